The van der Waals surface area contributed by atoms with E-state index in [4.69, 9.17) is 11.5 Å². The number of nitrogens with zero attached hydrogens (tertiary/aromatic N) is 6. The summed E-state index contributed by atoms with van der Waals surface area (Å²) in [6.07, 6.45) is 5.83. The van der Waals surface area contributed by atoms with Crippen LogP contribution in [0, 0.1) is 5.92 Å². The molecular weight excluding hydrogens is 486 g/mol. The highest BCUT2D eigenvalue weighted by Crippen LogP contribution is 2.29. The molecule has 11 heteroatoms. The lowest BCUT2D eigenvalue weighted by molar-refractivity contribution is 0.0930. The van der Waals surface area contributed by atoms with Crippen LogP contribution in [-0.2, 0) is 6.54 Å². The van der Waals surface area contributed by atoms with Crippen molar-refractivity contribution < 1.29 is 4.79 Å². The highest BCUT2D eigenvalue weighted by molar-refractivity contribution is 7.14. The number of likely N-dealkylation sites (N-methyl/N-ethyl adjacent to an activating group) is 1. The van der Waals surface area contributed by atoms with Crippen LogP contribution in [0.25, 0.3) is 10.7 Å². The van der Waals surface area contributed by atoms with Crippen molar-refractivity contribution in [1.29, 1.82) is 0 Å². The molecule has 5 heterocycles. The van der Waals surface area contributed by atoms with E-state index in [2.05, 4.69) is 42.0 Å². The lowest BCUT2D eigenvalue weighted by Crippen LogP contribution is -2.45. The fraction of sp³-hybridized carbons (Fsp3) is 0.462. The maximum absolute atomic E-state index is 12.9. The maximum atomic E-state index is 12.9. The predicted octanol–water partition coefficient (Wildman–Crippen LogP) is 2.16. The van der Waals surface area contributed by atoms with Crippen molar-refractivity contribution in [3.63, 3.8) is 0 Å². The molecule has 5 N–H and O–H groups in total. The minimum atomic E-state index is -0.198. The van der Waals surface area contributed by atoms with Crippen LogP contribution in [-0.4, -0.2) is 83.5 Å². The molecule has 0 atom stereocenters. The summed E-state index contributed by atoms with van der Waals surface area (Å²) in [7, 11) is 2.09. The number of hydrogen-bond acceptors (Lipinski definition) is 10. The number of piperazine rings is 1. The fourth-order valence-electron chi connectivity index (χ4n) is 4.82. The summed E-state index contributed by atoms with van der Waals surface area (Å²) in [6.45, 7) is 6.98. The Morgan fingerprint density at radius 3 is 2.62 bits per heavy atom. The largest absolute Gasteiger partial charge is 0.397 e. The third-order valence-electron chi connectivity index (χ3n) is 7.18. The zero-order chi connectivity index (χ0) is 25.8. The number of nitrogen functional groups attached to an aromatic ring is 2. The van der Waals surface area contributed by atoms with Crippen LogP contribution in [0.2, 0.25) is 0 Å². The summed E-state index contributed by atoms with van der Waals surface area (Å²) in [5, 5.41) is 4.04. The summed E-state index contributed by atoms with van der Waals surface area (Å²) in [5.41, 5.74) is 14.5. The van der Waals surface area contributed by atoms with Gasteiger partial charge in [0.1, 0.15) is 10.7 Å². The minimum Gasteiger partial charge on any atom is -0.397 e. The van der Waals surface area contributed by atoms with E-state index in [0.717, 1.165) is 69.4 Å². The first kappa shape index (κ1) is 25.4. The topological polar surface area (TPSA) is 130 Å². The summed E-state index contributed by atoms with van der Waals surface area (Å²) in [5.74, 6) is 0.853. The van der Waals surface area contributed by atoms with Gasteiger partial charge in [0.25, 0.3) is 5.91 Å². The third kappa shape index (κ3) is 6.17. The second kappa shape index (κ2) is 11.4. The average Bonchev–Trinajstić information content (AvgIpc) is 3.39. The van der Waals surface area contributed by atoms with Crippen LogP contribution >= 0.6 is 11.3 Å². The van der Waals surface area contributed by atoms with E-state index >= 15 is 0 Å². The number of hydrogen-bond donors (Lipinski definition) is 3. The van der Waals surface area contributed by atoms with Gasteiger partial charge in [-0.05, 0) is 57.1 Å². The molecule has 2 aliphatic heterocycles. The smallest absolute Gasteiger partial charge is 0.270 e. The molecule has 37 heavy (non-hydrogen) atoms. The molecule has 0 unspecified atom stereocenters. The molecule has 0 aliphatic carbocycles. The van der Waals surface area contributed by atoms with Crippen molar-refractivity contribution in [2.75, 3.05) is 69.2 Å². The predicted molar refractivity (Wildman–Crippen MR) is 148 cm³/mol. The molecule has 0 spiro atoms. The summed E-state index contributed by atoms with van der Waals surface area (Å²) >= 11 is 1.70. The number of amides is 1. The van der Waals surface area contributed by atoms with Crippen molar-refractivity contribution >= 4 is 34.4 Å². The van der Waals surface area contributed by atoms with Crippen molar-refractivity contribution in [1.82, 2.24) is 30.1 Å². The Morgan fingerprint density at radius 2 is 1.89 bits per heavy atom. The van der Waals surface area contributed by atoms with E-state index in [-0.39, 0.29) is 5.91 Å². The van der Waals surface area contributed by atoms with Gasteiger partial charge in [-0.1, -0.05) is 6.07 Å². The van der Waals surface area contributed by atoms with Gasteiger partial charge in [0, 0.05) is 56.5 Å². The number of carbonyl (C=O) groups is 1. The highest BCUT2D eigenvalue weighted by Gasteiger charge is 2.23. The number of aromatic nitrogens is 3. The number of anilines is 3. The first-order valence-corrected chi connectivity index (χ1v) is 13.6. The molecule has 5 rings (SSSR count). The Labute approximate surface area is 221 Å². The van der Waals surface area contributed by atoms with Crippen molar-refractivity contribution in [3.8, 4) is 10.7 Å². The zero-order valence-corrected chi connectivity index (χ0v) is 22.1. The van der Waals surface area contributed by atoms with Gasteiger partial charge in [-0.25, -0.2) is 9.97 Å². The monoisotopic (exact) mass is 521 g/mol. The minimum absolute atomic E-state index is 0.198. The molecule has 2 aliphatic rings. The standard InChI is InChI=1S/C26H35N9OS/c1-33-10-12-35(13-11-33)24-23(28)20(27)14-22(32-24)25(36)30-15-18-5-8-34(9-6-18)17-19-16-31-26(37-19)21-4-2-3-7-29-21/h2-4,7,14,16,18H,5-6,8-13,15,17,28H2,1H3,(H2,27,32)(H,30,36). The summed E-state index contributed by atoms with van der Waals surface area (Å²) < 4.78 is 0. The van der Waals surface area contributed by atoms with Crippen molar-refractivity contribution in [2.45, 2.75) is 19.4 Å². The second-order valence-corrected chi connectivity index (χ2v) is 11.0. The molecule has 0 saturated carbocycles. The van der Waals surface area contributed by atoms with Crippen molar-refractivity contribution in [3.05, 3.63) is 47.2 Å². The zero-order valence-electron chi connectivity index (χ0n) is 21.3. The lowest BCUT2D eigenvalue weighted by Gasteiger charge is -2.34. The lowest BCUT2D eigenvalue weighted by atomic mass is 9.96. The van der Waals surface area contributed by atoms with Gasteiger partial charge in [-0.15, -0.1) is 11.3 Å². The van der Waals surface area contributed by atoms with Crippen LogP contribution in [0.4, 0.5) is 17.2 Å². The Morgan fingerprint density at radius 1 is 1.11 bits per heavy atom. The van der Waals surface area contributed by atoms with Gasteiger partial charge >= 0.3 is 0 Å². The van der Waals surface area contributed by atoms with E-state index in [1.807, 2.05) is 24.4 Å². The van der Waals surface area contributed by atoms with Crippen LogP contribution in [0.15, 0.2) is 36.7 Å². The molecule has 2 saturated heterocycles. The number of carbonyl (C=O) groups excluding carboxylic acids is 1. The first-order valence-electron chi connectivity index (χ1n) is 12.8. The Balaban J connectivity index is 1.11. The maximum Gasteiger partial charge on any atom is 0.270 e. The molecule has 0 radical (unpaired) electrons. The van der Waals surface area contributed by atoms with Gasteiger partial charge in [0.05, 0.1) is 17.1 Å². The normalized spacial score (nSPS) is 17.7. The third-order valence-corrected chi connectivity index (χ3v) is 8.19. The van der Waals surface area contributed by atoms with Crippen LogP contribution < -0.4 is 21.7 Å². The molecule has 0 aromatic carbocycles. The van der Waals surface area contributed by atoms with E-state index in [1.54, 1.807) is 23.6 Å². The summed E-state index contributed by atoms with van der Waals surface area (Å²) in [6, 6.07) is 7.47. The number of pyridine rings is 2. The van der Waals surface area contributed by atoms with E-state index in [9.17, 15) is 4.79 Å². The van der Waals surface area contributed by atoms with E-state index < -0.39 is 0 Å². The molecule has 10 nitrogen and oxygen atoms in total. The molecule has 2 fully saturated rings. The van der Waals surface area contributed by atoms with Gasteiger partial charge in [0.15, 0.2) is 5.82 Å². The van der Waals surface area contributed by atoms with Gasteiger partial charge < -0.3 is 26.6 Å². The molecule has 0 bridgehead atoms. The Hall–Kier alpha value is -3.28. The van der Waals surface area contributed by atoms with Crippen LogP contribution in [0.3, 0.4) is 0 Å². The van der Waals surface area contributed by atoms with E-state index in [0.29, 0.717) is 35.3 Å². The SMILES string of the molecule is CN1CCN(c2nc(C(=O)NCC3CCN(Cc4cnc(-c5ccccn5)s4)CC3)cc(N)c2N)CC1. The fourth-order valence-corrected chi connectivity index (χ4v) is 5.75. The quantitative estimate of drug-likeness (QED) is 0.428. The number of nitrogens with one attached hydrogen (secondary N) is 1. The van der Waals surface area contributed by atoms with Gasteiger partial charge in [-0.2, -0.15) is 0 Å². The van der Waals surface area contributed by atoms with Gasteiger partial charge in [0.2, 0.25) is 0 Å². The summed E-state index contributed by atoms with van der Waals surface area (Å²) in [4.78, 5) is 34.6. The Kier molecular flexibility index (Phi) is 7.82. The molecule has 3 aromatic heterocycles. The average molecular weight is 522 g/mol. The first-order chi connectivity index (χ1) is 18.0. The number of rotatable bonds is 7. The van der Waals surface area contributed by atoms with E-state index in [1.165, 1.54) is 4.88 Å². The van der Waals surface area contributed by atoms with Gasteiger partial charge in [-0.3, -0.25) is 14.7 Å². The number of likely N-dealkylation sites (tertiary alicyclic amines) is 1. The van der Waals surface area contributed by atoms with Crippen LogP contribution in [0.1, 0.15) is 28.2 Å². The number of thiazole rings is 1. The Bertz CT molecular complexity index is 1200. The second-order valence-electron chi connectivity index (χ2n) is 9.90. The molecule has 196 valence electrons. The van der Waals surface area contributed by atoms with Crippen molar-refractivity contribution in [2.24, 2.45) is 5.92 Å². The molecule has 3 aromatic rings. The number of piperidine rings is 1. The highest BCUT2D eigenvalue weighted by atomic mass is 32.1. The molecule has 1 amide bonds. The molecular formula is C26H35N9OS. The number of nitrogens with two attached hydrogens (primary N) is 2. The van der Waals surface area contributed by atoms with Crippen LogP contribution in [0.5, 0.6) is 0 Å².